The van der Waals surface area contributed by atoms with Gasteiger partial charge < -0.3 is 0 Å². The van der Waals surface area contributed by atoms with Gasteiger partial charge in [0.05, 0.1) is 11.0 Å². The van der Waals surface area contributed by atoms with Crippen molar-refractivity contribution in [1.29, 1.82) is 0 Å². The molecule has 0 aliphatic heterocycles. The van der Waals surface area contributed by atoms with Gasteiger partial charge in [-0.25, -0.2) is 4.98 Å². The largest absolute Gasteiger partial charge is 0.294 e. The average Bonchev–Trinajstić information content (AvgIpc) is 3.77. The number of imidazole rings is 1. The summed E-state index contributed by atoms with van der Waals surface area (Å²) in [6.45, 7) is 0. The maximum absolute atomic E-state index is 6.72. The maximum Gasteiger partial charge on any atom is 0.146 e. The molecule has 0 unspecified atom stereocenters. The SMILES string of the molecule is [B]c1c([B])c([B])c(-n2c(-c3ccccc3-c3c4ccccc4c(-c4ccc5sc6ccccc6c5c4)c4ccccc34)nc3ccccc32)c([B])c1[B]. The topological polar surface area (TPSA) is 17.8 Å². The van der Waals surface area contributed by atoms with Crippen LogP contribution in [-0.4, -0.2) is 48.8 Å². The second-order valence-corrected chi connectivity index (χ2v) is 14.5. The summed E-state index contributed by atoms with van der Waals surface area (Å²) in [6.07, 6.45) is 0. The van der Waals surface area contributed by atoms with Gasteiger partial charge in [-0.05, 0) is 74.1 Å². The molecule has 0 aliphatic carbocycles. The monoisotopic (exact) mass is 678 g/mol. The zero-order chi connectivity index (χ0) is 36.0. The van der Waals surface area contributed by atoms with E-state index in [2.05, 4.69) is 109 Å². The second kappa shape index (κ2) is 12.2. The van der Waals surface area contributed by atoms with Crippen molar-refractivity contribution in [2.75, 3.05) is 0 Å². The highest BCUT2D eigenvalue weighted by molar-refractivity contribution is 7.25. The molecule has 10 aromatic rings. The summed E-state index contributed by atoms with van der Waals surface area (Å²) in [5, 5.41) is 7.14. The van der Waals surface area contributed by atoms with E-state index in [9.17, 15) is 0 Å². The molecule has 10 rings (SSSR count). The normalized spacial score (nSPS) is 11.8. The van der Waals surface area contributed by atoms with Crippen molar-refractivity contribution in [3.05, 3.63) is 140 Å². The first-order chi connectivity index (χ1) is 25.9. The molecule has 8 aromatic carbocycles. The van der Waals surface area contributed by atoms with Crippen molar-refractivity contribution in [3.63, 3.8) is 0 Å². The lowest BCUT2D eigenvalue weighted by molar-refractivity contribution is 1.12. The van der Waals surface area contributed by atoms with Gasteiger partial charge in [-0.2, -0.15) is 0 Å². The fraction of sp³-hybridized carbons (Fsp3) is 0. The Labute approximate surface area is 317 Å². The van der Waals surface area contributed by atoms with Crippen molar-refractivity contribution >= 4 is 131 Å². The minimum Gasteiger partial charge on any atom is -0.294 e. The van der Waals surface area contributed by atoms with Crippen LogP contribution in [0, 0.1) is 0 Å². The lowest BCUT2D eigenvalue weighted by atomic mass is 9.61. The molecule has 2 heterocycles. The van der Waals surface area contributed by atoms with E-state index in [1.807, 2.05) is 46.2 Å². The molecule has 0 aliphatic rings. The average molecular weight is 678 g/mol. The number of thiophene rings is 1. The first kappa shape index (κ1) is 32.0. The minimum absolute atomic E-state index is 0.166. The number of hydrogen-bond acceptors (Lipinski definition) is 2. The van der Waals surface area contributed by atoms with Crippen LogP contribution in [0.1, 0.15) is 0 Å². The zero-order valence-corrected chi connectivity index (χ0v) is 29.3. The molecule has 234 valence electrons. The molecule has 2 aromatic heterocycles. The van der Waals surface area contributed by atoms with Crippen LogP contribution in [-0.2, 0) is 0 Å². The second-order valence-electron chi connectivity index (χ2n) is 13.4. The van der Waals surface area contributed by atoms with Crippen LogP contribution in [0.3, 0.4) is 0 Å². The molecule has 0 saturated heterocycles. The lowest BCUT2D eigenvalue weighted by Crippen LogP contribution is -2.56. The number of para-hydroxylation sites is 2. The first-order valence-electron chi connectivity index (χ1n) is 17.3. The van der Waals surface area contributed by atoms with Crippen LogP contribution in [0.5, 0.6) is 0 Å². The Bertz CT molecular complexity index is 3060. The van der Waals surface area contributed by atoms with Crippen LogP contribution in [0.15, 0.2) is 140 Å². The molecule has 2 nitrogen and oxygen atoms in total. The van der Waals surface area contributed by atoms with E-state index in [1.54, 1.807) is 0 Å². The predicted molar refractivity (Wildman–Crippen MR) is 232 cm³/mol. The van der Waals surface area contributed by atoms with Gasteiger partial charge in [0.2, 0.25) is 0 Å². The van der Waals surface area contributed by atoms with E-state index < -0.39 is 0 Å². The third kappa shape index (κ3) is 4.75. The number of aromatic nitrogens is 2. The van der Waals surface area contributed by atoms with E-state index in [4.69, 9.17) is 44.2 Å². The van der Waals surface area contributed by atoms with Gasteiger partial charge >= 0.3 is 0 Å². The standard InChI is InChI=1S/C45H23B5N2S/c46-39-40(47)42(49)44(43(50)41(39)48)52-34-19-9-8-18-33(34)51-45(52)31-17-6-5-16-30(31)38-28-14-3-1-12-26(28)37(27-13-2-4-15-29(27)38)24-21-22-36-32(23-24)25-11-7-10-20-35(25)53-36/h1-23H. The Kier molecular flexibility index (Phi) is 7.35. The highest BCUT2D eigenvalue weighted by Gasteiger charge is 2.24. The molecule has 53 heavy (non-hydrogen) atoms. The molecular formula is C45H23B5N2S. The summed E-state index contributed by atoms with van der Waals surface area (Å²) in [5.74, 6) is 0.649. The molecule has 8 heteroatoms. The molecule has 0 fully saturated rings. The summed E-state index contributed by atoms with van der Waals surface area (Å²) < 4.78 is 4.53. The molecule has 0 amide bonds. The Balaban J connectivity index is 1.29. The summed E-state index contributed by atoms with van der Waals surface area (Å²) in [7, 11) is 32.5. The third-order valence-electron chi connectivity index (χ3n) is 10.5. The lowest BCUT2D eigenvalue weighted by Gasteiger charge is -2.24. The molecule has 0 atom stereocenters. The van der Waals surface area contributed by atoms with Gasteiger partial charge in [-0.1, -0.05) is 120 Å². The van der Waals surface area contributed by atoms with Gasteiger partial charge in [0.25, 0.3) is 0 Å². The summed E-state index contributed by atoms with van der Waals surface area (Å²) >= 11 is 1.83. The van der Waals surface area contributed by atoms with Gasteiger partial charge in [0.15, 0.2) is 0 Å². The minimum atomic E-state index is 0.166. The van der Waals surface area contributed by atoms with Crippen LogP contribution < -0.4 is 27.3 Å². The smallest absolute Gasteiger partial charge is 0.146 e. The van der Waals surface area contributed by atoms with E-state index >= 15 is 0 Å². The van der Waals surface area contributed by atoms with Crippen molar-refractivity contribution in [1.82, 2.24) is 9.55 Å². The molecule has 0 N–H and O–H groups in total. The van der Waals surface area contributed by atoms with Crippen LogP contribution in [0.2, 0.25) is 0 Å². The van der Waals surface area contributed by atoms with Gasteiger partial charge in [-0.3, -0.25) is 4.57 Å². The van der Waals surface area contributed by atoms with Crippen molar-refractivity contribution < 1.29 is 0 Å². The summed E-state index contributed by atoms with van der Waals surface area (Å²) in [4.78, 5) is 5.22. The third-order valence-corrected chi connectivity index (χ3v) is 11.6. The fourth-order valence-corrected chi connectivity index (χ4v) is 9.10. The Morgan fingerprint density at radius 1 is 0.434 bits per heavy atom. The van der Waals surface area contributed by atoms with Gasteiger partial charge in [-0.15, -0.1) is 27.7 Å². The zero-order valence-electron chi connectivity index (χ0n) is 28.5. The molecular weight excluding hydrogens is 655 g/mol. The molecule has 0 bridgehead atoms. The highest BCUT2D eigenvalue weighted by atomic mass is 32.1. The van der Waals surface area contributed by atoms with Crippen LogP contribution >= 0.6 is 11.3 Å². The van der Waals surface area contributed by atoms with Crippen molar-refractivity contribution in [2.45, 2.75) is 0 Å². The van der Waals surface area contributed by atoms with E-state index in [0.717, 1.165) is 49.3 Å². The summed E-state index contributed by atoms with van der Waals surface area (Å²) in [5.41, 5.74) is 8.44. The van der Waals surface area contributed by atoms with Gasteiger partial charge in [0, 0.05) is 31.4 Å². The van der Waals surface area contributed by atoms with Crippen molar-refractivity contribution in [2.24, 2.45) is 0 Å². The van der Waals surface area contributed by atoms with Crippen molar-refractivity contribution in [3.8, 4) is 39.3 Å². The predicted octanol–water partition coefficient (Wildman–Crippen LogP) is 6.67. The Morgan fingerprint density at radius 2 is 0.943 bits per heavy atom. The molecule has 10 radical (unpaired) electrons. The number of fused-ring (bicyclic) bond motifs is 6. The number of hydrogen-bond donors (Lipinski definition) is 0. The Hall–Kier alpha value is -5.71. The highest BCUT2D eigenvalue weighted by Crippen LogP contribution is 2.47. The number of nitrogens with zero attached hydrogens (tertiary/aromatic N) is 2. The fourth-order valence-electron chi connectivity index (χ4n) is 8.02. The first-order valence-corrected chi connectivity index (χ1v) is 18.2. The van der Waals surface area contributed by atoms with Crippen LogP contribution in [0.25, 0.3) is 92.1 Å². The van der Waals surface area contributed by atoms with E-state index in [-0.39, 0.29) is 27.3 Å². The quantitative estimate of drug-likeness (QED) is 0.150. The Morgan fingerprint density at radius 3 is 1.62 bits per heavy atom. The number of rotatable bonds is 4. The van der Waals surface area contributed by atoms with Gasteiger partial charge in [0.1, 0.15) is 45.1 Å². The van der Waals surface area contributed by atoms with Crippen LogP contribution in [0.4, 0.5) is 0 Å². The summed E-state index contributed by atoms with van der Waals surface area (Å²) in [6, 6.07) is 49.1. The number of benzene rings is 8. The van der Waals surface area contributed by atoms with E-state index in [1.165, 1.54) is 31.3 Å². The maximum atomic E-state index is 6.72. The molecule has 0 saturated carbocycles. The van der Waals surface area contributed by atoms with E-state index in [0.29, 0.717) is 11.5 Å². The molecule has 0 spiro atoms.